The summed E-state index contributed by atoms with van der Waals surface area (Å²) in [5.74, 6) is -0.458. The van der Waals surface area contributed by atoms with E-state index in [0.29, 0.717) is 24.4 Å². The number of amides is 1. The summed E-state index contributed by atoms with van der Waals surface area (Å²) in [5.41, 5.74) is 6.67. The quantitative estimate of drug-likeness (QED) is 0.846. The van der Waals surface area contributed by atoms with Crippen molar-refractivity contribution in [1.82, 2.24) is 14.1 Å². The van der Waals surface area contributed by atoms with Crippen LogP contribution in [0.3, 0.4) is 0 Å². The second kappa shape index (κ2) is 5.90. The number of fused-ring (bicyclic) bond motifs is 1. The summed E-state index contributed by atoms with van der Waals surface area (Å²) in [6, 6.07) is 9.44. The maximum Gasteiger partial charge on any atom is 0.246 e. The number of aryl methyl sites for hydroxylation is 1. The monoisotopic (exact) mass is 402 g/mol. The Bertz CT molecular complexity index is 1060. The van der Waals surface area contributed by atoms with Crippen LogP contribution in [0.4, 0.5) is 0 Å². The Morgan fingerprint density at radius 2 is 1.86 bits per heavy atom. The minimum absolute atomic E-state index is 0.0583. The summed E-state index contributed by atoms with van der Waals surface area (Å²) in [6.07, 6.45) is 0.618. The Labute approximate surface area is 165 Å². The number of para-hydroxylation sites is 1. The first-order valence-electron chi connectivity index (χ1n) is 9.42. The van der Waals surface area contributed by atoms with Gasteiger partial charge in [0.25, 0.3) is 0 Å². The molecule has 1 aliphatic heterocycles. The van der Waals surface area contributed by atoms with Crippen molar-refractivity contribution in [3.63, 3.8) is 0 Å². The molecule has 2 aromatic rings. The van der Waals surface area contributed by atoms with Crippen molar-refractivity contribution in [2.24, 2.45) is 22.5 Å². The van der Waals surface area contributed by atoms with E-state index in [2.05, 4.69) is 18.9 Å². The molecule has 0 spiro atoms. The smallest absolute Gasteiger partial charge is 0.246 e. The Morgan fingerprint density at radius 3 is 2.39 bits per heavy atom. The number of benzene rings is 1. The standard InChI is InChI=1S/C20H26N4O3S/c1-13-17(14(2)24(22-13)15-8-6-5-7-9-15)28(26,27)23-10-16-19(3,4)11-20(16,12-23)18(21)25/h5-9,16H,10-12H2,1-4H3,(H2,21,25)/t16-,20+/m1/s1. The number of aromatic nitrogens is 2. The van der Waals surface area contributed by atoms with Crippen LogP contribution in [-0.4, -0.2) is 41.5 Å². The Morgan fingerprint density at radius 1 is 1.21 bits per heavy atom. The number of hydrogen-bond acceptors (Lipinski definition) is 4. The second-order valence-corrected chi connectivity index (χ2v) is 10.7. The molecule has 2 heterocycles. The van der Waals surface area contributed by atoms with Crippen molar-refractivity contribution in [2.75, 3.05) is 13.1 Å². The van der Waals surface area contributed by atoms with E-state index in [1.165, 1.54) is 4.31 Å². The Hall–Kier alpha value is -2.19. The van der Waals surface area contributed by atoms with Gasteiger partial charge < -0.3 is 5.73 Å². The third-order valence-corrected chi connectivity index (χ3v) is 8.61. The highest BCUT2D eigenvalue weighted by Crippen LogP contribution is 2.63. The molecule has 2 fully saturated rings. The lowest BCUT2D eigenvalue weighted by atomic mass is 9.48. The van der Waals surface area contributed by atoms with Gasteiger partial charge in [0.1, 0.15) is 4.90 Å². The number of rotatable bonds is 4. The fourth-order valence-electron chi connectivity index (χ4n) is 5.32. The van der Waals surface area contributed by atoms with Crippen molar-refractivity contribution in [3.05, 3.63) is 41.7 Å². The molecule has 2 aliphatic rings. The normalized spacial score (nSPS) is 26.6. The van der Waals surface area contributed by atoms with Gasteiger partial charge >= 0.3 is 0 Å². The summed E-state index contributed by atoms with van der Waals surface area (Å²) >= 11 is 0. The first-order chi connectivity index (χ1) is 13.0. The largest absolute Gasteiger partial charge is 0.369 e. The number of carbonyl (C=O) groups is 1. The van der Waals surface area contributed by atoms with E-state index < -0.39 is 21.3 Å². The van der Waals surface area contributed by atoms with E-state index in [-0.39, 0.29) is 22.8 Å². The van der Waals surface area contributed by atoms with Gasteiger partial charge in [-0.25, -0.2) is 13.1 Å². The van der Waals surface area contributed by atoms with E-state index in [9.17, 15) is 13.2 Å². The van der Waals surface area contributed by atoms with Crippen LogP contribution in [0.1, 0.15) is 31.7 Å². The lowest BCUT2D eigenvalue weighted by Gasteiger charge is -2.54. The van der Waals surface area contributed by atoms with Crippen molar-refractivity contribution in [3.8, 4) is 5.69 Å². The highest BCUT2D eigenvalue weighted by atomic mass is 32.2. The summed E-state index contributed by atoms with van der Waals surface area (Å²) in [6.45, 7) is 8.07. The van der Waals surface area contributed by atoms with Gasteiger partial charge in [0.15, 0.2) is 0 Å². The lowest BCUT2D eigenvalue weighted by Crippen LogP contribution is -2.59. The minimum atomic E-state index is -3.79. The van der Waals surface area contributed by atoms with Crippen LogP contribution in [0.2, 0.25) is 0 Å². The Kier molecular flexibility index (Phi) is 4.04. The zero-order valence-corrected chi connectivity index (χ0v) is 17.5. The molecule has 1 aromatic carbocycles. The van der Waals surface area contributed by atoms with Gasteiger partial charge in [-0.05, 0) is 43.7 Å². The fraction of sp³-hybridized carbons (Fsp3) is 0.500. The predicted octanol–water partition coefficient (Wildman–Crippen LogP) is 2.01. The molecule has 28 heavy (non-hydrogen) atoms. The first kappa shape index (κ1) is 19.1. The summed E-state index contributed by atoms with van der Waals surface area (Å²) in [7, 11) is -3.79. The van der Waals surface area contributed by atoms with Crippen molar-refractivity contribution < 1.29 is 13.2 Å². The molecule has 4 rings (SSSR count). The third-order valence-electron chi connectivity index (χ3n) is 6.54. The van der Waals surface area contributed by atoms with Crippen molar-refractivity contribution >= 4 is 15.9 Å². The molecule has 8 heteroatoms. The van der Waals surface area contributed by atoms with Crippen molar-refractivity contribution in [2.45, 2.75) is 39.0 Å². The van der Waals surface area contributed by atoms with Gasteiger partial charge in [0.05, 0.1) is 22.5 Å². The van der Waals surface area contributed by atoms with Crippen molar-refractivity contribution in [1.29, 1.82) is 0 Å². The van der Waals surface area contributed by atoms with Crippen LogP contribution in [0.25, 0.3) is 5.69 Å². The zero-order chi connectivity index (χ0) is 20.5. The van der Waals surface area contributed by atoms with Gasteiger partial charge in [0, 0.05) is 13.1 Å². The van der Waals surface area contributed by atoms with Gasteiger partial charge in [-0.1, -0.05) is 32.0 Å². The Balaban J connectivity index is 1.75. The van der Waals surface area contributed by atoms with E-state index >= 15 is 0 Å². The molecule has 2 atom stereocenters. The molecule has 2 N–H and O–H groups in total. The summed E-state index contributed by atoms with van der Waals surface area (Å²) < 4.78 is 30.2. The summed E-state index contributed by atoms with van der Waals surface area (Å²) in [4.78, 5) is 12.4. The van der Waals surface area contributed by atoms with Crippen LogP contribution in [0, 0.1) is 30.6 Å². The molecular weight excluding hydrogens is 376 g/mol. The SMILES string of the molecule is Cc1nn(-c2ccccc2)c(C)c1S(=O)(=O)N1C[C@@H]2C(C)(C)C[C@]2(C(N)=O)C1. The molecule has 7 nitrogen and oxygen atoms in total. The topological polar surface area (TPSA) is 98.3 Å². The number of sulfonamides is 1. The van der Waals surface area contributed by atoms with Crippen LogP contribution >= 0.6 is 0 Å². The molecule has 0 bridgehead atoms. The molecular formula is C20H26N4O3S. The zero-order valence-electron chi connectivity index (χ0n) is 16.6. The number of nitrogens with two attached hydrogens (primary N) is 1. The van der Waals surface area contributed by atoms with Crippen LogP contribution in [-0.2, 0) is 14.8 Å². The fourth-order valence-corrected chi connectivity index (χ4v) is 7.20. The molecule has 0 radical (unpaired) electrons. The van der Waals surface area contributed by atoms with Gasteiger partial charge in [-0.2, -0.15) is 9.40 Å². The van der Waals surface area contributed by atoms with Gasteiger partial charge in [-0.15, -0.1) is 0 Å². The highest BCUT2D eigenvalue weighted by molar-refractivity contribution is 7.89. The van der Waals surface area contributed by atoms with Crippen LogP contribution in [0.15, 0.2) is 35.2 Å². The molecule has 150 valence electrons. The maximum absolute atomic E-state index is 13.5. The number of primary amides is 1. The third kappa shape index (κ3) is 2.47. The molecule has 1 saturated carbocycles. The van der Waals surface area contributed by atoms with Gasteiger partial charge in [-0.3, -0.25) is 4.79 Å². The van der Waals surface area contributed by atoms with Gasteiger partial charge in [0.2, 0.25) is 15.9 Å². The van der Waals surface area contributed by atoms with E-state index in [1.54, 1.807) is 18.5 Å². The second-order valence-electron chi connectivity index (χ2n) is 8.78. The molecule has 1 aromatic heterocycles. The highest BCUT2D eigenvalue weighted by Gasteiger charge is 2.67. The molecule has 0 unspecified atom stereocenters. The number of hydrogen-bond donors (Lipinski definition) is 1. The van der Waals surface area contributed by atoms with Crippen LogP contribution in [0.5, 0.6) is 0 Å². The van der Waals surface area contributed by atoms with E-state index in [1.807, 2.05) is 30.3 Å². The maximum atomic E-state index is 13.5. The predicted molar refractivity (Wildman–Crippen MR) is 105 cm³/mol. The minimum Gasteiger partial charge on any atom is -0.369 e. The van der Waals surface area contributed by atoms with E-state index in [0.717, 1.165) is 5.69 Å². The molecule has 1 amide bonds. The molecule has 1 saturated heterocycles. The molecule has 1 aliphatic carbocycles. The average molecular weight is 403 g/mol. The number of nitrogens with zero attached hydrogens (tertiary/aromatic N) is 3. The number of carbonyl (C=O) groups excluding carboxylic acids is 1. The summed E-state index contributed by atoms with van der Waals surface area (Å²) in [5, 5.41) is 4.47. The first-order valence-corrected chi connectivity index (χ1v) is 10.9. The average Bonchev–Trinajstić information content (AvgIpc) is 3.12. The van der Waals surface area contributed by atoms with E-state index in [4.69, 9.17) is 5.73 Å². The lowest BCUT2D eigenvalue weighted by molar-refractivity contribution is -0.148. The van der Waals surface area contributed by atoms with Crippen LogP contribution < -0.4 is 5.73 Å².